The predicted octanol–water partition coefficient (Wildman–Crippen LogP) is 2.43. The SMILES string of the molecule is Cc1ccc(F)cc1Nc1nc(N)nc(OC(C)C)n1. The van der Waals surface area contributed by atoms with Crippen LogP contribution in [0.5, 0.6) is 6.01 Å². The van der Waals surface area contributed by atoms with Crippen LogP contribution >= 0.6 is 0 Å². The zero-order valence-corrected chi connectivity index (χ0v) is 11.5. The molecule has 1 aromatic carbocycles. The van der Waals surface area contributed by atoms with Crippen molar-refractivity contribution < 1.29 is 9.13 Å². The summed E-state index contributed by atoms with van der Waals surface area (Å²) in [6.45, 7) is 5.55. The predicted molar refractivity (Wildman–Crippen MR) is 74.4 cm³/mol. The fourth-order valence-corrected chi connectivity index (χ4v) is 1.54. The summed E-state index contributed by atoms with van der Waals surface area (Å²) in [5.74, 6) is -0.104. The van der Waals surface area contributed by atoms with E-state index in [1.807, 2.05) is 20.8 Å². The standard InChI is InChI=1S/C13H16FN5O/c1-7(2)20-13-18-11(15)17-12(19-13)16-10-6-9(14)5-4-8(10)3/h4-7H,1-3H3,(H3,15,16,17,18,19). The number of hydrogen-bond donors (Lipinski definition) is 2. The highest BCUT2D eigenvalue weighted by Crippen LogP contribution is 2.20. The average Bonchev–Trinajstić information content (AvgIpc) is 2.32. The highest BCUT2D eigenvalue weighted by molar-refractivity contribution is 5.58. The Morgan fingerprint density at radius 2 is 2.00 bits per heavy atom. The van der Waals surface area contributed by atoms with Crippen LogP contribution in [-0.2, 0) is 0 Å². The van der Waals surface area contributed by atoms with Gasteiger partial charge in [-0.1, -0.05) is 6.07 Å². The molecule has 0 aliphatic carbocycles. The first-order chi connectivity index (χ1) is 9.44. The molecule has 20 heavy (non-hydrogen) atoms. The Bertz CT molecular complexity index is 618. The van der Waals surface area contributed by atoms with Crippen molar-refractivity contribution in [3.63, 3.8) is 0 Å². The molecule has 0 aliphatic rings. The van der Waals surface area contributed by atoms with E-state index >= 15 is 0 Å². The Morgan fingerprint density at radius 3 is 2.70 bits per heavy atom. The van der Waals surface area contributed by atoms with Gasteiger partial charge < -0.3 is 15.8 Å². The van der Waals surface area contributed by atoms with E-state index in [2.05, 4.69) is 20.3 Å². The van der Waals surface area contributed by atoms with Gasteiger partial charge in [0, 0.05) is 5.69 Å². The quantitative estimate of drug-likeness (QED) is 0.892. The van der Waals surface area contributed by atoms with Crippen LogP contribution in [0.3, 0.4) is 0 Å². The van der Waals surface area contributed by atoms with Crippen molar-refractivity contribution in [2.75, 3.05) is 11.1 Å². The molecule has 3 N–H and O–H groups in total. The lowest BCUT2D eigenvalue weighted by Crippen LogP contribution is -2.12. The zero-order chi connectivity index (χ0) is 14.7. The molecule has 0 unspecified atom stereocenters. The van der Waals surface area contributed by atoms with E-state index in [0.717, 1.165) is 5.56 Å². The van der Waals surface area contributed by atoms with E-state index in [1.54, 1.807) is 6.07 Å². The summed E-state index contributed by atoms with van der Waals surface area (Å²) in [5.41, 5.74) is 7.02. The van der Waals surface area contributed by atoms with Gasteiger partial charge in [-0.3, -0.25) is 0 Å². The summed E-state index contributed by atoms with van der Waals surface area (Å²) in [4.78, 5) is 11.9. The van der Waals surface area contributed by atoms with Crippen molar-refractivity contribution in [3.05, 3.63) is 29.6 Å². The topological polar surface area (TPSA) is 86.0 Å². The third-order valence-electron chi connectivity index (χ3n) is 2.42. The minimum absolute atomic E-state index is 0.0345. The van der Waals surface area contributed by atoms with Gasteiger partial charge in [-0.15, -0.1) is 0 Å². The molecule has 0 fully saturated rings. The van der Waals surface area contributed by atoms with E-state index in [9.17, 15) is 4.39 Å². The molecule has 0 bridgehead atoms. The van der Waals surface area contributed by atoms with Crippen LogP contribution in [-0.4, -0.2) is 21.1 Å². The summed E-state index contributed by atoms with van der Waals surface area (Å²) in [6, 6.07) is 4.53. The number of aryl methyl sites for hydroxylation is 1. The van der Waals surface area contributed by atoms with E-state index < -0.39 is 0 Å². The molecule has 6 nitrogen and oxygen atoms in total. The second-order valence-corrected chi connectivity index (χ2v) is 4.55. The summed E-state index contributed by atoms with van der Waals surface area (Å²) < 4.78 is 18.6. The molecule has 0 saturated carbocycles. The number of nitrogen functional groups attached to an aromatic ring is 1. The summed E-state index contributed by atoms with van der Waals surface area (Å²) in [7, 11) is 0. The van der Waals surface area contributed by atoms with Crippen molar-refractivity contribution >= 4 is 17.6 Å². The molecule has 1 heterocycles. The molecule has 0 spiro atoms. The lowest BCUT2D eigenvalue weighted by atomic mass is 10.2. The summed E-state index contributed by atoms with van der Waals surface area (Å²) >= 11 is 0. The second-order valence-electron chi connectivity index (χ2n) is 4.55. The van der Waals surface area contributed by atoms with Crippen molar-refractivity contribution in [3.8, 4) is 6.01 Å². The van der Waals surface area contributed by atoms with E-state index in [1.165, 1.54) is 12.1 Å². The third-order valence-corrected chi connectivity index (χ3v) is 2.42. The van der Waals surface area contributed by atoms with E-state index in [0.29, 0.717) is 5.69 Å². The van der Waals surface area contributed by atoms with Gasteiger partial charge >= 0.3 is 6.01 Å². The van der Waals surface area contributed by atoms with Gasteiger partial charge in [0.05, 0.1) is 6.10 Å². The maximum atomic E-state index is 13.2. The molecule has 0 amide bonds. The van der Waals surface area contributed by atoms with Crippen molar-refractivity contribution in [2.45, 2.75) is 26.9 Å². The number of aromatic nitrogens is 3. The first-order valence-corrected chi connectivity index (χ1v) is 6.15. The van der Waals surface area contributed by atoms with Gasteiger partial charge in [0.1, 0.15) is 5.82 Å². The lowest BCUT2D eigenvalue weighted by Gasteiger charge is -2.11. The van der Waals surface area contributed by atoms with Crippen LogP contribution in [0.4, 0.5) is 22.0 Å². The normalized spacial score (nSPS) is 10.7. The molecule has 0 saturated heterocycles. The Morgan fingerprint density at radius 1 is 1.25 bits per heavy atom. The van der Waals surface area contributed by atoms with E-state index in [-0.39, 0.29) is 29.8 Å². The summed E-state index contributed by atoms with van der Waals surface area (Å²) in [5, 5.41) is 2.91. The number of anilines is 3. The minimum atomic E-state index is -0.348. The third kappa shape index (κ3) is 3.53. The lowest BCUT2D eigenvalue weighted by molar-refractivity contribution is 0.222. The highest BCUT2D eigenvalue weighted by atomic mass is 19.1. The van der Waals surface area contributed by atoms with Gasteiger partial charge in [0.25, 0.3) is 0 Å². The molecular formula is C13H16FN5O. The molecular weight excluding hydrogens is 261 g/mol. The molecule has 0 radical (unpaired) electrons. The van der Waals surface area contributed by atoms with Crippen molar-refractivity contribution in [1.29, 1.82) is 0 Å². The van der Waals surface area contributed by atoms with Gasteiger partial charge in [-0.25, -0.2) is 4.39 Å². The first-order valence-electron chi connectivity index (χ1n) is 6.15. The Hall–Kier alpha value is -2.44. The molecule has 2 aromatic rings. The van der Waals surface area contributed by atoms with Gasteiger partial charge in [0.2, 0.25) is 11.9 Å². The molecule has 0 aliphatic heterocycles. The smallest absolute Gasteiger partial charge is 0.323 e. The Balaban J connectivity index is 2.28. The number of hydrogen-bond acceptors (Lipinski definition) is 6. The fourth-order valence-electron chi connectivity index (χ4n) is 1.54. The molecule has 1 aromatic heterocycles. The van der Waals surface area contributed by atoms with Crippen LogP contribution in [0.2, 0.25) is 0 Å². The van der Waals surface area contributed by atoms with Crippen LogP contribution in [0.1, 0.15) is 19.4 Å². The molecule has 0 atom stereocenters. The maximum absolute atomic E-state index is 13.2. The van der Waals surface area contributed by atoms with Crippen LogP contribution < -0.4 is 15.8 Å². The number of nitrogens with one attached hydrogen (secondary N) is 1. The van der Waals surface area contributed by atoms with Crippen molar-refractivity contribution in [1.82, 2.24) is 15.0 Å². The highest BCUT2D eigenvalue weighted by Gasteiger charge is 2.09. The number of benzene rings is 1. The number of nitrogens with zero attached hydrogens (tertiary/aromatic N) is 3. The average molecular weight is 277 g/mol. The first kappa shape index (κ1) is 14.0. The molecule has 7 heteroatoms. The Kier molecular flexibility index (Phi) is 3.97. The largest absolute Gasteiger partial charge is 0.461 e. The maximum Gasteiger partial charge on any atom is 0.323 e. The van der Waals surface area contributed by atoms with Gasteiger partial charge in [0.15, 0.2) is 0 Å². The monoisotopic (exact) mass is 277 g/mol. The minimum Gasteiger partial charge on any atom is -0.461 e. The number of rotatable bonds is 4. The Labute approximate surface area is 116 Å². The van der Waals surface area contributed by atoms with Crippen molar-refractivity contribution in [2.24, 2.45) is 0 Å². The number of nitrogens with two attached hydrogens (primary N) is 1. The number of ether oxygens (including phenoxy) is 1. The molecule has 2 rings (SSSR count). The van der Waals surface area contributed by atoms with Gasteiger partial charge in [-0.05, 0) is 38.5 Å². The number of halogens is 1. The summed E-state index contributed by atoms with van der Waals surface area (Å²) in [6.07, 6.45) is -0.0828. The molecule has 106 valence electrons. The van der Waals surface area contributed by atoms with Gasteiger partial charge in [-0.2, -0.15) is 15.0 Å². The second kappa shape index (κ2) is 5.68. The van der Waals surface area contributed by atoms with Crippen LogP contribution in [0.15, 0.2) is 18.2 Å². The van der Waals surface area contributed by atoms with Crippen LogP contribution in [0, 0.1) is 12.7 Å². The van der Waals surface area contributed by atoms with E-state index in [4.69, 9.17) is 10.5 Å². The fraction of sp³-hybridized carbons (Fsp3) is 0.308. The van der Waals surface area contributed by atoms with Crippen LogP contribution in [0.25, 0.3) is 0 Å². The zero-order valence-electron chi connectivity index (χ0n) is 11.5.